The first-order valence-corrected chi connectivity index (χ1v) is 9.30. The smallest absolute Gasteiger partial charge is 0.258 e. The maximum atomic E-state index is 12.9. The van der Waals surface area contributed by atoms with E-state index in [0.717, 1.165) is 24.0 Å². The van der Waals surface area contributed by atoms with Crippen LogP contribution in [0.2, 0.25) is 0 Å². The topological polar surface area (TPSA) is 98.2 Å². The molecule has 8 nitrogen and oxygen atoms in total. The Labute approximate surface area is 165 Å². The monoisotopic (exact) mass is 394 g/mol. The van der Waals surface area contributed by atoms with E-state index in [0.29, 0.717) is 23.2 Å². The minimum absolute atomic E-state index is 0.165. The van der Waals surface area contributed by atoms with Crippen LogP contribution in [-0.2, 0) is 24.2 Å². The molecule has 0 saturated carbocycles. The van der Waals surface area contributed by atoms with Gasteiger partial charge in [-0.1, -0.05) is 24.2 Å². The molecule has 3 heterocycles. The molecule has 0 aliphatic carbocycles. The molecule has 4 rings (SSSR count). The van der Waals surface area contributed by atoms with Crippen LogP contribution in [0.25, 0.3) is 17.1 Å². The van der Waals surface area contributed by atoms with E-state index < -0.39 is 0 Å². The quantitative estimate of drug-likeness (QED) is 0.518. The predicted octanol–water partition coefficient (Wildman–Crippen LogP) is 2.73. The number of nitrogens with zero attached hydrogens (tertiary/aromatic N) is 5. The fourth-order valence-corrected chi connectivity index (χ4v) is 2.92. The van der Waals surface area contributed by atoms with Crippen molar-refractivity contribution >= 4 is 11.6 Å². The standard InChI is InChI=1S/C20H19FN6O2/c1-2-3-16-23-20(29-26-16)14-8-9-27-17(11-14)24-25-18(27)12-22-19(28)10-13-4-6-15(21)7-5-13/h4-9,11H,2-3,10,12H2,1H3,(H,22,28). The lowest BCUT2D eigenvalue weighted by Gasteiger charge is -2.05. The maximum Gasteiger partial charge on any atom is 0.258 e. The molecule has 0 saturated heterocycles. The first-order valence-electron chi connectivity index (χ1n) is 9.30. The Balaban J connectivity index is 1.43. The van der Waals surface area contributed by atoms with Crippen molar-refractivity contribution in [3.05, 3.63) is 65.6 Å². The Bertz CT molecular complexity index is 1140. The van der Waals surface area contributed by atoms with Crippen LogP contribution >= 0.6 is 0 Å². The van der Waals surface area contributed by atoms with Gasteiger partial charge in [-0.05, 0) is 36.2 Å². The van der Waals surface area contributed by atoms with E-state index in [4.69, 9.17) is 4.52 Å². The van der Waals surface area contributed by atoms with E-state index in [1.165, 1.54) is 12.1 Å². The Morgan fingerprint density at radius 2 is 2.03 bits per heavy atom. The average Bonchev–Trinajstić information content (AvgIpc) is 3.35. The number of rotatable bonds is 7. The number of fused-ring (bicyclic) bond motifs is 1. The second-order valence-electron chi connectivity index (χ2n) is 6.61. The van der Waals surface area contributed by atoms with Crippen molar-refractivity contribution in [3.8, 4) is 11.5 Å². The van der Waals surface area contributed by atoms with Gasteiger partial charge in [-0.15, -0.1) is 10.2 Å². The molecule has 0 atom stereocenters. The van der Waals surface area contributed by atoms with E-state index in [2.05, 4.69) is 32.6 Å². The first-order chi connectivity index (χ1) is 14.1. The molecule has 0 aliphatic rings. The fourth-order valence-electron chi connectivity index (χ4n) is 2.92. The van der Waals surface area contributed by atoms with E-state index in [-0.39, 0.29) is 24.7 Å². The summed E-state index contributed by atoms with van der Waals surface area (Å²) >= 11 is 0. The summed E-state index contributed by atoms with van der Waals surface area (Å²) in [5, 5.41) is 15.1. The molecule has 3 aromatic heterocycles. The Morgan fingerprint density at radius 1 is 1.21 bits per heavy atom. The first kappa shape index (κ1) is 18.7. The van der Waals surface area contributed by atoms with Crippen LogP contribution in [0.4, 0.5) is 4.39 Å². The normalized spacial score (nSPS) is 11.1. The largest absolute Gasteiger partial charge is 0.348 e. The van der Waals surface area contributed by atoms with Crippen LogP contribution in [0.5, 0.6) is 0 Å². The number of halogens is 1. The van der Waals surface area contributed by atoms with Gasteiger partial charge in [-0.3, -0.25) is 9.20 Å². The van der Waals surface area contributed by atoms with Gasteiger partial charge >= 0.3 is 0 Å². The number of nitrogens with one attached hydrogen (secondary N) is 1. The molecule has 0 fully saturated rings. The SMILES string of the molecule is CCCc1noc(-c2ccn3c(CNC(=O)Cc4ccc(F)cc4)nnc3c2)n1. The lowest BCUT2D eigenvalue weighted by atomic mass is 10.1. The van der Waals surface area contributed by atoms with Gasteiger partial charge in [-0.2, -0.15) is 4.98 Å². The third-order valence-electron chi connectivity index (χ3n) is 4.39. The van der Waals surface area contributed by atoms with Crippen molar-refractivity contribution < 1.29 is 13.7 Å². The zero-order valence-corrected chi connectivity index (χ0v) is 15.8. The minimum atomic E-state index is -0.328. The van der Waals surface area contributed by atoms with Crippen molar-refractivity contribution in [2.24, 2.45) is 0 Å². The summed E-state index contributed by atoms with van der Waals surface area (Å²) in [6, 6.07) is 9.49. The summed E-state index contributed by atoms with van der Waals surface area (Å²) in [7, 11) is 0. The molecule has 9 heteroatoms. The number of aryl methyl sites for hydroxylation is 1. The molecule has 4 aromatic rings. The van der Waals surface area contributed by atoms with Crippen molar-refractivity contribution in [2.45, 2.75) is 32.7 Å². The second kappa shape index (κ2) is 8.17. The van der Waals surface area contributed by atoms with Crippen LogP contribution in [0.3, 0.4) is 0 Å². The average molecular weight is 394 g/mol. The summed E-state index contributed by atoms with van der Waals surface area (Å²) < 4.78 is 20.0. The Hall–Kier alpha value is -3.62. The van der Waals surface area contributed by atoms with Gasteiger partial charge in [0, 0.05) is 18.2 Å². The van der Waals surface area contributed by atoms with Gasteiger partial charge in [0.15, 0.2) is 17.3 Å². The lowest BCUT2D eigenvalue weighted by molar-refractivity contribution is -0.120. The molecule has 1 N–H and O–H groups in total. The number of carbonyl (C=O) groups is 1. The summed E-state index contributed by atoms with van der Waals surface area (Å²) in [6.45, 7) is 2.28. The van der Waals surface area contributed by atoms with Crippen LogP contribution in [-0.4, -0.2) is 30.6 Å². The number of pyridine rings is 1. The van der Waals surface area contributed by atoms with Crippen LogP contribution in [0.15, 0.2) is 47.1 Å². The lowest BCUT2D eigenvalue weighted by Crippen LogP contribution is -2.25. The van der Waals surface area contributed by atoms with E-state index in [9.17, 15) is 9.18 Å². The van der Waals surface area contributed by atoms with E-state index >= 15 is 0 Å². The highest BCUT2D eigenvalue weighted by atomic mass is 19.1. The summed E-state index contributed by atoms with van der Waals surface area (Å²) in [5.74, 6) is 1.20. The van der Waals surface area contributed by atoms with E-state index in [1.54, 1.807) is 28.8 Å². The molecular formula is C20H19FN6O2. The molecule has 0 radical (unpaired) electrons. The van der Waals surface area contributed by atoms with Gasteiger partial charge in [0.05, 0.1) is 13.0 Å². The summed E-state index contributed by atoms with van der Waals surface area (Å²) in [5.41, 5.74) is 2.11. The number of aromatic nitrogens is 5. The van der Waals surface area contributed by atoms with Gasteiger partial charge in [0.1, 0.15) is 5.82 Å². The molecular weight excluding hydrogens is 375 g/mol. The molecule has 1 amide bonds. The summed E-state index contributed by atoms with van der Waals surface area (Å²) in [6.07, 6.45) is 3.67. The second-order valence-corrected chi connectivity index (χ2v) is 6.61. The molecule has 29 heavy (non-hydrogen) atoms. The van der Waals surface area contributed by atoms with Gasteiger partial charge < -0.3 is 9.84 Å². The highest BCUT2D eigenvalue weighted by molar-refractivity contribution is 5.78. The van der Waals surface area contributed by atoms with Crippen LogP contribution in [0, 0.1) is 5.82 Å². The number of carbonyl (C=O) groups excluding carboxylic acids is 1. The number of amides is 1. The number of benzene rings is 1. The fraction of sp³-hybridized carbons (Fsp3) is 0.250. The molecule has 0 bridgehead atoms. The number of hydrogen-bond donors (Lipinski definition) is 1. The van der Waals surface area contributed by atoms with Crippen molar-refractivity contribution in [2.75, 3.05) is 0 Å². The third-order valence-corrected chi connectivity index (χ3v) is 4.39. The maximum absolute atomic E-state index is 12.9. The van der Waals surface area contributed by atoms with Crippen molar-refractivity contribution in [1.29, 1.82) is 0 Å². The molecule has 0 spiro atoms. The van der Waals surface area contributed by atoms with Crippen molar-refractivity contribution in [3.63, 3.8) is 0 Å². The zero-order chi connectivity index (χ0) is 20.2. The van der Waals surface area contributed by atoms with Gasteiger partial charge in [0.2, 0.25) is 5.91 Å². The minimum Gasteiger partial charge on any atom is -0.348 e. The van der Waals surface area contributed by atoms with Crippen LogP contribution in [0.1, 0.15) is 30.6 Å². The van der Waals surface area contributed by atoms with Crippen molar-refractivity contribution in [1.82, 2.24) is 30.1 Å². The zero-order valence-electron chi connectivity index (χ0n) is 15.8. The Kier molecular flexibility index (Phi) is 5.28. The number of hydrogen-bond acceptors (Lipinski definition) is 6. The summed E-state index contributed by atoms with van der Waals surface area (Å²) in [4.78, 5) is 16.5. The molecule has 0 aliphatic heterocycles. The van der Waals surface area contributed by atoms with Gasteiger partial charge in [0.25, 0.3) is 5.89 Å². The van der Waals surface area contributed by atoms with E-state index in [1.807, 2.05) is 6.07 Å². The third kappa shape index (κ3) is 4.29. The molecule has 1 aromatic carbocycles. The highest BCUT2D eigenvalue weighted by Gasteiger charge is 2.12. The van der Waals surface area contributed by atoms with Gasteiger partial charge in [-0.25, -0.2) is 4.39 Å². The van der Waals surface area contributed by atoms with Crippen LogP contribution < -0.4 is 5.32 Å². The highest BCUT2D eigenvalue weighted by Crippen LogP contribution is 2.19. The predicted molar refractivity (Wildman–Crippen MR) is 102 cm³/mol. The Morgan fingerprint density at radius 3 is 2.83 bits per heavy atom. The molecule has 0 unspecified atom stereocenters. The molecule has 148 valence electrons.